The minimum absolute atomic E-state index is 0.903. The molecule has 0 unspecified atom stereocenters. The summed E-state index contributed by atoms with van der Waals surface area (Å²) in [6.45, 7) is 2.10. The van der Waals surface area contributed by atoms with E-state index in [9.17, 15) is 0 Å². The molecule has 0 aliphatic carbocycles. The predicted molar refractivity (Wildman–Crippen MR) is 125 cm³/mol. The van der Waals surface area contributed by atoms with E-state index in [1.807, 2.05) is 36.7 Å². The first kappa shape index (κ1) is 17.6. The maximum Gasteiger partial charge on any atom is 0.116 e. The highest BCUT2D eigenvalue weighted by Crippen LogP contribution is 2.35. The lowest BCUT2D eigenvalue weighted by molar-refractivity contribution is 1.12. The first-order valence-corrected chi connectivity index (χ1v) is 10.2. The molecule has 31 heavy (non-hydrogen) atoms. The Kier molecular flexibility index (Phi) is 3.93. The van der Waals surface area contributed by atoms with Gasteiger partial charge in [-0.25, -0.2) is 0 Å². The van der Waals surface area contributed by atoms with Gasteiger partial charge in [-0.2, -0.15) is 5.10 Å². The lowest BCUT2D eigenvalue weighted by Crippen LogP contribution is -1.87. The monoisotopic (exact) mass is 401 g/mol. The lowest BCUT2D eigenvalue weighted by atomic mass is 10.0. The molecule has 0 spiro atoms. The van der Waals surface area contributed by atoms with E-state index in [4.69, 9.17) is 0 Å². The Morgan fingerprint density at radius 1 is 0.774 bits per heavy atom. The Balaban J connectivity index is 1.54. The lowest BCUT2D eigenvalue weighted by Gasteiger charge is -2.06. The molecule has 5 nitrogen and oxygen atoms in total. The molecule has 4 aromatic heterocycles. The normalized spacial score (nSPS) is 11.4. The van der Waals surface area contributed by atoms with Crippen molar-refractivity contribution in [2.75, 3.05) is 0 Å². The van der Waals surface area contributed by atoms with Crippen molar-refractivity contribution in [3.05, 3.63) is 90.9 Å². The molecule has 6 rings (SSSR count). The third-order valence-electron chi connectivity index (χ3n) is 5.74. The molecule has 0 radical (unpaired) electrons. The zero-order valence-electron chi connectivity index (χ0n) is 16.9. The third-order valence-corrected chi connectivity index (χ3v) is 5.74. The summed E-state index contributed by atoms with van der Waals surface area (Å²) in [6.07, 6.45) is 5.52. The van der Waals surface area contributed by atoms with E-state index in [0.29, 0.717) is 0 Å². The van der Waals surface area contributed by atoms with Gasteiger partial charge >= 0.3 is 0 Å². The summed E-state index contributed by atoms with van der Waals surface area (Å²) in [7, 11) is 0. The second-order valence-corrected chi connectivity index (χ2v) is 7.69. The van der Waals surface area contributed by atoms with Crippen LogP contribution in [0, 0.1) is 6.92 Å². The summed E-state index contributed by atoms with van der Waals surface area (Å²) >= 11 is 0. The third kappa shape index (κ3) is 2.90. The van der Waals surface area contributed by atoms with E-state index < -0.39 is 0 Å². The Morgan fingerprint density at radius 3 is 2.58 bits per heavy atom. The van der Waals surface area contributed by atoms with Gasteiger partial charge in [-0.1, -0.05) is 24.3 Å². The Hall–Kier alpha value is -4.25. The molecule has 2 N–H and O–H groups in total. The van der Waals surface area contributed by atoms with Gasteiger partial charge < -0.3 is 4.98 Å². The van der Waals surface area contributed by atoms with Gasteiger partial charge in [-0.05, 0) is 60.5 Å². The summed E-state index contributed by atoms with van der Waals surface area (Å²) in [6, 6.07) is 22.8. The van der Waals surface area contributed by atoms with Crippen molar-refractivity contribution in [2.24, 2.45) is 0 Å². The van der Waals surface area contributed by atoms with Gasteiger partial charge in [0.1, 0.15) is 5.69 Å². The molecule has 0 saturated heterocycles. The standard InChI is InChI=1S/C26H19N5/c1-16-12-24-21(13-19(16)22-8-2-3-11-28-22)26(31-30-24)25-14-20-18(7-4-9-23(20)29-25)17-6-5-10-27-15-17/h2-15,29H,1H3,(H,30,31). The molecule has 6 aromatic rings. The summed E-state index contributed by atoms with van der Waals surface area (Å²) in [5, 5.41) is 10.1. The molecule has 0 amide bonds. The van der Waals surface area contributed by atoms with E-state index in [2.05, 4.69) is 74.5 Å². The van der Waals surface area contributed by atoms with Crippen LogP contribution < -0.4 is 0 Å². The second kappa shape index (κ2) is 6.92. The zero-order valence-corrected chi connectivity index (χ0v) is 16.9. The van der Waals surface area contributed by atoms with Crippen LogP contribution in [0.4, 0.5) is 0 Å². The SMILES string of the molecule is Cc1cc2[nH]nc(-c3cc4c(-c5cccnc5)cccc4[nH]3)c2cc1-c1ccccn1. The van der Waals surface area contributed by atoms with Gasteiger partial charge in [0.15, 0.2) is 0 Å². The highest BCUT2D eigenvalue weighted by Gasteiger charge is 2.15. The maximum atomic E-state index is 4.65. The number of nitrogens with zero attached hydrogens (tertiary/aromatic N) is 3. The number of nitrogens with one attached hydrogen (secondary N) is 2. The molecule has 0 aliphatic heterocycles. The van der Waals surface area contributed by atoms with Crippen molar-refractivity contribution in [3.8, 4) is 33.8 Å². The van der Waals surface area contributed by atoms with Crippen molar-refractivity contribution in [2.45, 2.75) is 6.92 Å². The van der Waals surface area contributed by atoms with Crippen molar-refractivity contribution < 1.29 is 0 Å². The molecule has 0 atom stereocenters. The van der Waals surface area contributed by atoms with Crippen molar-refractivity contribution in [1.82, 2.24) is 25.1 Å². The van der Waals surface area contributed by atoms with Crippen LogP contribution in [0.3, 0.4) is 0 Å². The molecule has 2 aromatic carbocycles. The first-order chi connectivity index (χ1) is 15.3. The van der Waals surface area contributed by atoms with E-state index in [-0.39, 0.29) is 0 Å². The number of H-pyrrole nitrogens is 2. The Bertz CT molecular complexity index is 1530. The second-order valence-electron chi connectivity index (χ2n) is 7.69. The van der Waals surface area contributed by atoms with E-state index in [1.54, 1.807) is 6.20 Å². The number of aryl methyl sites for hydroxylation is 1. The van der Waals surface area contributed by atoms with Gasteiger partial charge in [-0.15, -0.1) is 0 Å². The number of aromatic amines is 2. The maximum absolute atomic E-state index is 4.65. The number of aromatic nitrogens is 5. The number of fused-ring (bicyclic) bond motifs is 2. The van der Waals surface area contributed by atoms with E-state index >= 15 is 0 Å². The van der Waals surface area contributed by atoms with E-state index in [0.717, 1.165) is 61.1 Å². The highest BCUT2D eigenvalue weighted by molar-refractivity contribution is 6.02. The fraction of sp³-hybridized carbons (Fsp3) is 0.0385. The fourth-order valence-electron chi connectivity index (χ4n) is 4.23. The fourth-order valence-corrected chi connectivity index (χ4v) is 4.23. The topological polar surface area (TPSA) is 70.2 Å². The van der Waals surface area contributed by atoms with E-state index in [1.165, 1.54) is 0 Å². The number of pyridine rings is 2. The van der Waals surface area contributed by atoms with Crippen LogP contribution in [-0.4, -0.2) is 25.1 Å². The molecule has 5 heteroatoms. The van der Waals surface area contributed by atoms with Crippen LogP contribution in [-0.2, 0) is 0 Å². The van der Waals surface area contributed by atoms with Gasteiger partial charge in [0.2, 0.25) is 0 Å². The van der Waals surface area contributed by atoms with Crippen LogP contribution in [0.5, 0.6) is 0 Å². The number of rotatable bonds is 3. The minimum atomic E-state index is 0.903. The molecule has 0 aliphatic rings. The zero-order chi connectivity index (χ0) is 20.8. The molecular formula is C26H19N5. The molecule has 0 bridgehead atoms. The predicted octanol–water partition coefficient (Wildman–Crippen LogP) is 6.14. The van der Waals surface area contributed by atoms with Gasteiger partial charge in [0, 0.05) is 46.0 Å². The summed E-state index contributed by atoms with van der Waals surface area (Å²) in [4.78, 5) is 12.4. The summed E-state index contributed by atoms with van der Waals surface area (Å²) < 4.78 is 0. The number of hydrogen-bond donors (Lipinski definition) is 2. The number of hydrogen-bond acceptors (Lipinski definition) is 3. The van der Waals surface area contributed by atoms with Crippen molar-refractivity contribution in [1.29, 1.82) is 0 Å². The average molecular weight is 401 g/mol. The minimum Gasteiger partial charge on any atom is -0.353 e. The van der Waals surface area contributed by atoms with Crippen molar-refractivity contribution in [3.63, 3.8) is 0 Å². The van der Waals surface area contributed by atoms with Crippen LogP contribution >= 0.6 is 0 Å². The number of benzene rings is 2. The first-order valence-electron chi connectivity index (χ1n) is 10.2. The van der Waals surface area contributed by atoms with Gasteiger partial charge in [0.25, 0.3) is 0 Å². The quantitative estimate of drug-likeness (QED) is 0.374. The molecule has 148 valence electrons. The molecule has 0 fully saturated rings. The van der Waals surface area contributed by atoms with Gasteiger partial charge in [-0.3, -0.25) is 15.1 Å². The Labute approximate surface area is 178 Å². The van der Waals surface area contributed by atoms with Crippen LogP contribution in [0.1, 0.15) is 5.56 Å². The van der Waals surface area contributed by atoms with Crippen molar-refractivity contribution >= 4 is 21.8 Å². The smallest absolute Gasteiger partial charge is 0.116 e. The molecule has 4 heterocycles. The molecular weight excluding hydrogens is 382 g/mol. The van der Waals surface area contributed by atoms with Crippen LogP contribution in [0.2, 0.25) is 0 Å². The molecule has 0 saturated carbocycles. The largest absolute Gasteiger partial charge is 0.353 e. The summed E-state index contributed by atoms with van der Waals surface area (Å²) in [5.74, 6) is 0. The highest BCUT2D eigenvalue weighted by atomic mass is 15.1. The van der Waals surface area contributed by atoms with Crippen LogP contribution in [0.15, 0.2) is 85.3 Å². The van der Waals surface area contributed by atoms with Crippen LogP contribution in [0.25, 0.3) is 55.6 Å². The average Bonchev–Trinajstić information content (AvgIpc) is 3.43. The van der Waals surface area contributed by atoms with Gasteiger partial charge in [0.05, 0.1) is 16.9 Å². The Morgan fingerprint density at radius 2 is 1.74 bits per heavy atom. The summed E-state index contributed by atoms with van der Waals surface area (Å²) in [5.41, 5.74) is 9.46.